The van der Waals surface area contributed by atoms with Crippen LogP contribution in [-0.2, 0) is 28.5 Å². The molecule has 0 N–H and O–H groups in total. The first-order valence-electron chi connectivity index (χ1n) is 5.44. The Balaban J connectivity index is 2.69. The minimum Gasteiger partial charge on any atom is -0.460 e. The number of hydrogen-bond acceptors (Lipinski definition) is 6. The van der Waals surface area contributed by atoms with Crippen LogP contribution < -0.4 is 0 Å². The van der Waals surface area contributed by atoms with Gasteiger partial charge in [-0.1, -0.05) is 0 Å². The molecule has 1 aliphatic rings. The van der Waals surface area contributed by atoms with Gasteiger partial charge in [-0.2, -0.15) is 0 Å². The molecule has 98 valence electrons. The number of carbonyl (C=O) groups excluding carboxylic acids is 2. The van der Waals surface area contributed by atoms with Crippen molar-refractivity contribution in [2.45, 2.75) is 45.2 Å². The van der Waals surface area contributed by atoms with Crippen molar-refractivity contribution in [2.75, 3.05) is 13.7 Å². The molecule has 6 heteroatoms. The van der Waals surface area contributed by atoms with Gasteiger partial charge >= 0.3 is 11.9 Å². The lowest BCUT2D eigenvalue weighted by Gasteiger charge is -2.25. The molecular weight excluding hydrogens is 228 g/mol. The summed E-state index contributed by atoms with van der Waals surface area (Å²) in [4.78, 5) is 21.9. The Morgan fingerprint density at radius 1 is 1.29 bits per heavy atom. The predicted molar refractivity (Wildman–Crippen MR) is 57.3 cm³/mol. The monoisotopic (exact) mass is 246 g/mol. The van der Waals surface area contributed by atoms with Crippen LogP contribution in [0.25, 0.3) is 0 Å². The standard InChI is InChI=1S/C11H18O6/c1-6(16-7(2)12)10-11(17-8(3)13)9(14-4)5-15-10/h6,9-11H,5H2,1-4H3/t6-,9+,10+,11-/m1/s1. The second-order valence-corrected chi connectivity index (χ2v) is 3.96. The highest BCUT2D eigenvalue weighted by atomic mass is 16.6. The van der Waals surface area contributed by atoms with E-state index in [1.165, 1.54) is 21.0 Å². The van der Waals surface area contributed by atoms with Crippen LogP contribution in [0.4, 0.5) is 0 Å². The fourth-order valence-corrected chi connectivity index (χ4v) is 1.88. The van der Waals surface area contributed by atoms with Gasteiger partial charge in [-0.25, -0.2) is 0 Å². The van der Waals surface area contributed by atoms with Gasteiger partial charge in [0.1, 0.15) is 18.3 Å². The summed E-state index contributed by atoms with van der Waals surface area (Å²) in [5.74, 6) is -0.814. The van der Waals surface area contributed by atoms with Crippen LogP contribution in [-0.4, -0.2) is 50.1 Å². The van der Waals surface area contributed by atoms with E-state index in [9.17, 15) is 9.59 Å². The van der Waals surface area contributed by atoms with E-state index in [1.54, 1.807) is 6.92 Å². The van der Waals surface area contributed by atoms with Gasteiger partial charge < -0.3 is 18.9 Å². The van der Waals surface area contributed by atoms with Gasteiger partial charge in [-0.15, -0.1) is 0 Å². The molecule has 6 nitrogen and oxygen atoms in total. The second kappa shape index (κ2) is 5.97. The highest BCUT2D eigenvalue weighted by molar-refractivity contribution is 5.67. The summed E-state index contributed by atoms with van der Waals surface area (Å²) in [5, 5.41) is 0. The molecule has 0 aromatic rings. The van der Waals surface area contributed by atoms with Gasteiger partial charge in [0.05, 0.1) is 6.61 Å². The fourth-order valence-electron chi connectivity index (χ4n) is 1.88. The van der Waals surface area contributed by atoms with Crippen molar-refractivity contribution in [3.63, 3.8) is 0 Å². The summed E-state index contributed by atoms with van der Waals surface area (Å²) in [5.41, 5.74) is 0. The van der Waals surface area contributed by atoms with Crippen molar-refractivity contribution in [2.24, 2.45) is 0 Å². The Morgan fingerprint density at radius 2 is 1.94 bits per heavy atom. The summed E-state index contributed by atoms with van der Waals surface area (Å²) < 4.78 is 20.8. The highest BCUT2D eigenvalue weighted by Crippen LogP contribution is 2.24. The Kier molecular flexibility index (Phi) is 4.89. The van der Waals surface area contributed by atoms with Crippen molar-refractivity contribution in [3.05, 3.63) is 0 Å². The average molecular weight is 246 g/mol. The lowest BCUT2D eigenvalue weighted by molar-refractivity contribution is -0.164. The molecule has 1 heterocycles. The number of rotatable bonds is 4. The number of carbonyl (C=O) groups is 2. The average Bonchev–Trinajstić information content (AvgIpc) is 2.58. The molecule has 0 unspecified atom stereocenters. The summed E-state index contributed by atoms with van der Waals surface area (Å²) in [6.07, 6.45) is -1.86. The van der Waals surface area contributed by atoms with Gasteiger partial charge in [-0.3, -0.25) is 9.59 Å². The third kappa shape index (κ3) is 3.67. The van der Waals surface area contributed by atoms with Crippen LogP contribution in [0.15, 0.2) is 0 Å². The zero-order valence-electron chi connectivity index (χ0n) is 10.5. The van der Waals surface area contributed by atoms with Crippen LogP contribution in [0.3, 0.4) is 0 Å². The van der Waals surface area contributed by atoms with Crippen molar-refractivity contribution in [3.8, 4) is 0 Å². The van der Waals surface area contributed by atoms with Crippen molar-refractivity contribution < 1.29 is 28.5 Å². The molecule has 4 atom stereocenters. The maximum atomic E-state index is 11.0. The molecular formula is C11H18O6. The molecule has 1 saturated heterocycles. The van der Waals surface area contributed by atoms with Crippen LogP contribution in [0.2, 0.25) is 0 Å². The summed E-state index contributed by atoms with van der Waals surface area (Å²) in [7, 11) is 1.52. The molecule has 0 bridgehead atoms. The number of hydrogen-bond donors (Lipinski definition) is 0. The quantitative estimate of drug-likeness (QED) is 0.664. The molecule has 0 radical (unpaired) electrons. The normalized spacial score (nSPS) is 29.8. The van der Waals surface area contributed by atoms with E-state index in [2.05, 4.69) is 0 Å². The van der Waals surface area contributed by atoms with Crippen LogP contribution in [0, 0.1) is 0 Å². The van der Waals surface area contributed by atoms with Crippen molar-refractivity contribution >= 4 is 11.9 Å². The topological polar surface area (TPSA) is 71.1 Å². The van der Waals surface area contributed by atoms with Crippen LogP contribution in [0.5, 0.6) is 0 Å². The van der Waals surface area contributed by atoms with E-state index in [4.69, 9.17) is 18.9 Å². The van der Waals surface area contributed by atoms with Gasteiger partial charge in [-0.05, 0) is 6.92 Å². The molecule has 17 heavy (non-hydrogen) atoms. The van der Waals surface area contributed by atoms with E-state index in [0.29, 0.717) is 6.61 Å². The largest absolute Gasteiger partial charge is 0.460 e. The second-order valence-electron chi connectivity index (χ2n) is 3.96. The van der Waals surface area contributed by atoms with E-state index in [1.807, 2.05) is 0 Å². The summed E-state index contributed by atoms with van der Waals surface area (Å²) in [6, 6.07) is 0. The van der Waals surface area contributed by atoms with E-state index in [-0.39, 0.29) is 6.10 Å². The highest BCUT2D eigenvalue weighted by Gasteiger charge is 2.44. The lowest BCUT2D eigenvalue weighted by Crippen LogP contribution is -2.42. The minimum atomic E-state index is -0.549. The maximum absolute atomic E-state index is 11.0. The zero-order chi connectivity index (χ0) is 13.0. The molecule has 0 saturated carbocycles. The Bertz CT molecular complexity index is 290. The molecule has 0 aromatic carbocycles. The first-order valence-corrected chi connectivity index (χ1v) is 5.44. The third-order valence-corrected chi connectivity index (χ3v) is 2.56. The molecule has 0 aromatic heterocycles. The Labute approximate surface area is 100 Å². The van der Waals surface area contributed by atoms with Crippen molar-refractivity contribution in [1.82, 2.24) is 0 Å². The first kappa shape index (κ1) is 13.9. The van der Waals surface area contributed by atoms with Gasteiger partial charge in [0.2, 0.25) is 0 Å². The fraction of sp³-hybridized carbons (Fsp3) is 0.818. The van der Waals surface area contributed by atoms with E-state index in [0.717, 1.165) is 0 Å². The predicted octanol–water partition coefficient (Wildman–Crippen LogP) is 0.283. The van der Waals surface area contributed by atoms with Gasteiger partial charge in [0.25, 0.3) is 0 Å². The SMILES string of the molecule is CO[C@H]1CO[C@@H]([C@@H](C)OC(C)=O)[C@@H]1OC(C)=O. The molecule has 1 aliphatic heterocycles. The molecule has 1 fully saturated rings. The van der Waals surface area contributed by atoms with Gasteiger partial charge in [0, 0.05) is 21.0 Å². The first-order chi connectivity index (χ1) is 7.95. The maximum Gasteiger partial charge on any atom is 0.303 e. The number of esters is 2. The summed E-state index contributed by atoms with van der Waals surface area (Å²) >= 11 is 0. The molecule has 1 rings (SSSR count). The molecule has 0 spiro atoms. The number of ether oxygens (including phenoxy) is 4. The van der Waals surface area contributed by atoms with Gasteiger partial charge in [0.15, 0.2) is 6.10 Å². The van der Waals surface area contributed by atoms with Crippen LogP contribution in [0.1, 0.15) is 20.8 Å². The van der Waals surface area contributed by atoms with E-state index >= 15 is 0 Å². The lowest BCUT2D eigenvalue weighted by atomic mass is 10.1. The Morgan fingerprint density at radius 3 is 2.41 bits per heavy atom. The zero-order valence-corrected chi connectivity index (χ0v) is 10.5. The minimum absolute atomic E-state index is 0.310. The summed E-state index contributed by atoms with van der Waals surface area (Å²) in [6.45, 7) is 4.64. The van der Waals surface area contributed by atoms with Crippen LogP contribution >= 0.6 is 0 Å². The number of methoxy groups -OCH3 is 1. The van der Waals surface area contributed by atoms with E-state index < -0.39 is 30.3 Å². The Hall–Kier alpha value is -1.14. The van der Waals surface area contributed by atoms with Crippen molar-refractivity contribution in [1.29, 1.82) is 0 Å². The third-order valence-electron chi connectivity index (χ3n) is 2.56. The molecule has 0 aliphatic carbocycles. The smallest absolute Gasteiger partial charge is 0.303 e. The molecule has 0 amide bonds.